The van der Waals surface area contributed by atoms with E-state index in [1.807, 2.05) is 36.4 Å². The number of hydrogen-bond donors (Lipinski definition) is 1. The van der Waals surface area contributed by atoms with E-state index in [2.05, 4.69) is 17.5 Å². The van der Waals surface area contributed by atoms with E-state index in [1.165, 1.54) is 16.8 Å². The highest BCUT2D eigenvalue weighted by molar-refractivity contribution is 6.30. The third-order valence-electron chi connectivity index (χ3n) is 4.78. The van der Waals surface area contributed by atoms with Gasteiger partial charge in [0.25, 0.3) is 11.5 Å². The second kappa shape index (κ2) is 11.9. The van der Waals surface area contributed by atoms with Crippen LogP contribution in [0.2, 0.25) is 5.02 Å². The van der Waals surface area contributed by atoms with Gasteiger partial charge in [0.2, 0.25) is 0 Å². The largest absolute Gasteiger partial charge is 0.494 e. The van der Waals surface area contributed by atoms with Gasteiger partial charge in [-0.2, -0.15) is 5.10 Å². The summed E-state index contributed by atoms with van der Waals surface area (Å²) in [6.07, 6.45) is 6.49. The van der Waals surface area contributed by atoms with Crippen molar-refractivity contribution < 1.29 is 9.53 Å². The summed E-state index contributed by atoms with van der Waals surface area (Å²) in [5.74, 6) is 0.231. The maximum Gasteiger partial charge on any atom is 0.276 e. The summed E-state index contributed by atoms with van der Waals surface area (Å²) in [5, 5.41) is 4.56. The molecule has 0 atom stereocenters. The number of hydrogen-bond acceptors (Lipinski definition) is 4. The molecule has 0 radical (unpaired) electrons. The summed E-state index contributed by atoms with van der Waals surface area (Å²) in [5.41, 5.74) is 3.71. The number of nitrogens with zero attached hydrogens (tertiary/aromatic N) is 2. The molecule has 0 spiro atoms. The Hall–Kier alpha value is -3.38. The summed E-state index contributed by atoms with van der Waals surface area (Å²) in [7, 11) is 0. The quantitative estimate of drug-likeness (QED) is 0.271. The molecule has 7 heteroatoms. The van der Waals surface area contributed by atoms with Gasteiger partial charge in [-0.15, -0.1) is 0 Å². The molecule has 2 aromatic carbocycles. The normalized spacial score (nSPS) is 10.9. The van der Waals surface area contributed by atoms with Gasteiger partial charge in [0.15, 0.2) is 0 Å². The average Bonchev–Trinajstić information content (AvgIpc) is 2.79. The van der Waals surface area contributed by atoms with Crippen LogP contribution < -0.4 is 15.7 Å². The van der Waals surface area contributed by atoms with E-state index in [9.17, 15) is 9.59 Å². The van der Waals surface area contributed by atoms with Gasteiger partial charge in [-0.25, -0.2) is 5.43 Å². The van der Waals surface area contributed by atoms with Crippen LogP contribution >= 0.6 is 11.6 Å². The zero-order valence-electron chi connectivity index (χ0n) is 18.0. The molecule has 0 unspecified atom stereocenters. The molecule has 0 aliphatic carbocycles. The van der Waals surface area contributed by atoms with Crippen molar-refractivity contribution in [1.29, 1.82) is 0 Å². The van der Waals surface area contributed by atoms with E-state index in [0.29, 0.717) is 18.2 Å². The van der Waals surface area contributed by atoms with Gasteiger partial charge in [0, 0.05) is 11.2 Å². The number of aromatic nitrogens is 1. The third kappa shape index (κ3) is 6.82. The molecule has 0 saturated heterocycles. The highest BCUT2D eigenvalue weighted by atomic mass is 35.5. The highest BCUT2D eigenvalue weighted by Crippen LogP contribution is 2.12. The number of carbonyl (C=O) groups excluding carboxylic acids is 1. The van der Waals surface area contributed by atoms with E-state index in [1.54, 1.807) is 24.4 Å². The molecule has 0 saturated carbocycles. The molecule has 166 valence electrons. The molecule has 6 nitrogen and oxygen atoms in total. The SMILES string of the molecule is CCCCCOc1ccc(/C=N\NC(=O)c2cccn(Cc3cccc(Cl)c3)c2=O)cc1. The average molecular weight is 452 g/mol. The predicted octanol–water partition coefficient (Wildman–Crippen LogP) is 4.88. The molecule has 0 aliphatic rings. The molecule has 1 aromatic heterocycles. The van der Waals surface area contributed by atoms with Crippen LogP contribution in [0.15, 0.2) is 76.8 Å². The zero-order valence-corrected chi connectivity index (χ0v) is 18.7. The van der Waals surface area contributed by atoms with Crippen molar-refractivity contribution in [3.63, 3.8) is 0 Å². The molecular weight excluding hydrogens is 426 g/mol. The Morgan fingerprint density at radius 2 is 1.94 bits per heavy atom. The zero-order chi connectivity index (χ0) is 22.8. The number of pyridine rings is 1. The van der Waals surface area contributed by atoms with Crippen molar-refractivity contribution in [2.75, 3.05) is 6.61 Å². The fourth-order valence-electron chi connectivity index (χ4n) is 3.08. The van der Waals surface area contributed by atoms with Crippen molar-refractivity contribution in [3.8, 4) is 5.75 Å². The van der Waals surface area contributed by atoms with Gasteiger partial charge >= 0.3 is 0 Å². The summed E-state index contributed by atoms with van der Waals surface area (Å²) < 4.78 is 7.14. The van der Waals surface area contributed by atoms with Crippen LogP contribution in [0.3, 0.4) is 0 Å². The first-order valence-corrected chi connectivity index (χ1v) is 10.9. The Bertz CT molecular complexity index is 1120. The lowest BCUT2D eigenvalue weighted by Gasteiger charge is -2.08. The van der Waals surface area contributed by atoms with Gasteiger partial charge < -0.3 is 9.30 Å². The van der Waals surface area contributed by atoms with Crippen molar-refractivity contribution in [3.05, 3.63) is 98.9 Å². The van der Waals surface area contributed by atoms with Gasteiger partial charge in [-0.3, -0.25) is 9.59 Å². The van der Waals surface area contributed by atoms with Crippen LogP contribution in [0, 0.1) is 0 Å². The lowest BCUT2D eigenvalue weighted by Crippen LogP contribution is -2.30. The number of halogens is 1. The van der Waals surface area contributed by atoms with Crippen molar-refractivity contribution in [1.82, 2.24) is 9.99 Å². The van der Waals surface area contributed by atoms with Crippen LogP contribution in [0.25, 0.3) is 0 Å². The predicted molar refractivity (Wildman–Crippen MR) is 128 cm³/mol. The van der Waals surface area contributed by atoms with E-state index in [-0.39, 0.29) is 5.56 Å². The van der Waals surface area contributed by atoms with E-state index in [4.69, 9.17) is 16.3 Å². The van der Waals surface area contributed by atoms with Crippen LogP contribution in [-0.2, 0) is 6.54 Å². The monoisotopic (exact) mass is 451 g/mol. The first-order valence-electron chi connectivity index (χ1n) is 10.6. The molecule has 1 N–H and O–H groups in total. The fraction of sp³-hybridized carbons (Fsp3) is 0.240. The summed E-state index contributed by atoms with van der Waals surface area (Å²) in [6, 6.07) is 17.8. The Morgan fingerprint density at radius 1 is 1.12 bits per heavy atom. The lowest BCUT2D eigenvalue weighted by atomic mass is 10.2. The van der Waals surface area contributed by atoms with Gasteiger partial charge in [0.05, 0.1) is 19.4 Å². The Labute approximate surface area is 192 Å². The first kappa shape index (κ1) is 23.3. The number of hydrazone groups is 1. The van der Waals surface area contributed by atoms with E-state index < -0.39 is 11.5 Å². The Kier molecular flexibility index (Phi) is 8.63. The number of benzene rings is 2. The van der Waals surface area contributed by atoms with E-state index >= 15 is 0 Å². The number of nitrogens with one attached hydrogen (secondary N) is 1. The molecule has 3 aromatic rings. The van der Waals surface area contributed by atoms with Crippen molar-refractivity contribution in [2.45, 2.75) is 32.7 Å². The minimum atomic E-state index is -0.567. The molecule has 32 heavy (non-hydrogen) atoms. The molecule has 0 fully saturated rings. The second-order valence-corrected chi connectivity index (χ2v) is 7.75. The second-order valence-electron chi connectivity index (χ2n) is 7.31. The van der Waals surface area contributed by atoms with Crippen molar-refractivity contribution >= 4 is 23.7 Å². The Balaban J connectivity index is 1.59. The number of rotatable bonds is 10. The number of carbonyl (C=O) groups is 1. The maximum atomic E-state index is 12.7. The molecule has 1 amide bonds. The molecule has 1 heterocycles. The molecule has 0 aliphatic heterocycles. The van der Waals surface area contributed by atoms with E-state index in [0.717, 1.165) is 36.1 Å². The molecule has 3 rings (SSSR count). The van der Waals surface area contributed by atoms with Gasteiger partial charge in [-0.1, -0.05) is 43.5 Å². The van der Waals surface area contributed by atoms with Crippen LogP contribution in [-0.4, -0.2) is 23.3 Å². The number of unbranched alkanes of at least 4 members (excludes halogenated alkanes) is 2. The van der Waals surface area contributed by atoms with Gasteiger partial charge in [-0.05, 0) is 66.1 Å². The lowest BCUT2D eigenvalue weighted by molar-refractivity contribution is 0.0953. The van der Waals surface area contributed by atoms with Crippen LogP contribution in [0.1, 0.15) is 47.7 Å². The smallest absolute Gasteiger partial charge is 0.276 e. The first-order chi connectivity index (χ1) is 15.6. The maximum absolute atomic E-state index is 12.7. The minimum absolute atomic E-state index is 0.0162. The fourth-order valence-corrected chi connectivity index (χ4v) is 3.30. The van der Waals surface area contributed by atoms with Crippen LogP contribution in [0.4, 0.5) is 0 Å². The molecule has 0 bridgehead atoms. The Morgan fingerprint density at radius 3 is 2.69 bits per heavy atom. The summed E-state index contributed by atoms with van der Waals surface area (Å²) in [4.78, 5) is 25.2. The number of ether oxygens (including phenoxy) is 1. The summed E-state index contributed by atoms with van der Waals surface area (Å²) in [6.45, 7) is 3.17. The topological polar surface area (TPSA) is 72.7 Å². The van der Waals surface area contributed by atoms with Gasteiger partial charge in [0.1, 0.15) is 11.3 Å². The standard InChI is InChI=1S/C25H26ClN3O3/c1-2-3-4-15-32-22-12-10-19(11-13-22)17-27-28-24(30)23-9-6-14-29(25(23)31)18-20-7-5-8-21(26)16-20/h5-14,16-17H,2-4,15,18H2,1H3,(H,28,30)/b27-17-. The van der Waals surface area contributed by atoms with Crippen molar-refractivity contribution in [2.24, 2.45) is 5.10 Å². The molecular formula is C25H26ClN3O3. The highest BCUT2D eigenvalue weighted by Gasteiger charge is 2.11. The summed E-state index contributed by atoms with van der Waals surface area (Å²) >= 11 is 6.01. The van der Waals surface area contributed by atoms with Crippen LogP contribution in [0.5, 0.6) is 5.75 Å². The minimum Gasteiger partial charge on any atom is -0.494 e. The number of amides is 1. The third-order valence-corrected chi connectivity index (χ3v) is 5.02.